The van der Waals surface area contributed by atoms with E-state index >= 15 is 0 Å². The Morgan fingerprint density at radius 3 is 2.27 bits per heavy atom. The van der Waals surface area contributed by atoms with E-state index in [1.54, 1.807) is 6.92 Å². The molecule has 0 fully saturated rings. The van der Waals surface area contributed by atoms with Crippen molar-refractivity contribution in [2.75, 3.05) is 6.26 Å². The molecule has 0 aliphatic carbocycles. The zero-order chi connectivity index (χ0) is 11.5. The van der Waals surface area contributed by atoms with E-state index in [4.69, 9.17) is 0 Å². The van der Waals surface area contributed by atoms with Crippen LogP contribution in [0.4, 0.5) is 0 Å². The lowest BCUT2D eigenvalue weighted by Crippen LogP contribution is -2.13. The molecule has 0 saturated heterocycles. The molecule has 1 rings (SSSR count). The van der Waals surface area contributed by atoms with Crippen LogP contribution in [0.15, 0.2) is 24.3 Å². The normalized spacial score (nSPS) is 12.7. The van der Waals surface area contributed by atoms with E-state index in [2.05, 4.69) is 34.4 Å². The lowest BCUT2D eigenvalue weighted by molar-refractivity contribution is 0.598. The molecule has 1 aromatic rings. The lowest BCUT2D eigenvalue weighted by Gasteiger charge is -1.98. The highest BCUT2D eigenvalue weighted by atomic mass is 127. The van der Waals surface area contributed by atoms with Crippen LogP contribution in [0.5, 0.6) is 0 Å². The van der Waals surface area contributed by atoms with E-state index in [1.807, 2.05) is 24.3 Å². The highest BCUT2D eigenvalue weighted by Crippen LogP contribution is 2.05. The molecule has 1 unspecified atom stereocenters. The summed E-state index contributed by atoms with van der Waals surface area (Å²) in [5, 5.41) is -0.614. The van der Waals surface area contributed by atoms with Crippen molar-refractivity contribution in [3.05, 3.63) is 33.4 Å². The van der Waals surface area contributed by atoms with Crippen molar-refractivity contribution in [2.24, 2.45) is 0 Å². The van der Waals surface area contributed by atoms with E-state index in [-0.39, 0.29) is 0 Å². The Morgan fingerprint density at radius 1 is 1.27 bits per heavy atom. The highest BCUT2D eigenvalue weighted by Gasteiger charge is 2.10. The molecule has 0 heterocycles. The molecule has 0 bridgehead atoms. The maximum atomic E-state index is 11.1. The van der Waals surface area contributed by atoms with Gasteiger partial charge in [-0.05, 0) is 53.8 Å². The molecule has 0 aliphatic heterocycles. The fraction of sp³-hybridized carbons (Fsp3) is 0.273. The summed E-state index contributed by atoms with van der Waals surface area (Å²) in [7, 11) is -3.06. The minimum atomic E-state index is -3.06. The predicted molar refractivity (Wildman–Crippen MR) is 70.3 cm³/mol. The molecule has 0 aromatic heterocycles. The third-order valence-corrected chi connectivity index (χ3v) is 4.03. The first-order valence-corrected chi connectivity index (χ1v) is 7.39. The molecule has 0 N–H and O–H groups in total. The average molecular weight is 334 g/mol. The second kappa shape index (κ2) is 4.99. The number of benzene rings is 1. The Labute approximate surface area is 104 Å². The molecular formula is C11H11IO2S. The van der Waals surface area contributed by atoms with E-state index in [0.29, 0.717) is 0 Å². The van der Waals surface area contributed by atoms with Crippen molar-refractivity contribution < 1.29 is 8.42 Å². The van der Waals surface area contributed by atoms with E-state index in [1.165, 1.54) is 6.26 Å². The Hall–Kier alpha value is -0.540. The van der Waals surface area contributed by atoms with Crippen LogP contribution in [0, 0.1) is 15.4 Å². The highest BCUT2D eigenvalue weighted by molar-refractivity contribution is 14.1. The van der Waals surface area contributed by atoms with Gasteiger partial charge in [-0.1, -0.05) is 11.8 Å². The van der Waals surface area contributed by atoms with Crippen molar-refractivity contribution >= 4 is 32.4 Å². The van der Waals surface area contributed by atoms with E-state index in [0.717, 1.165) is 9.13 Å². The molecular weight excluding hydrogens is 323 g/mol. The average Bonchev–Trinajstić information content (AvgIpc) is 2.15. The number of sulfone groups is 1. The van der Waals surface area contributed by atoms with Gasteiger partial charge in [0.25, 0.3) is 0 Å². The molecule has 1 aromatic carbocycles. The van der Waals surface area contributed by atoms with Gasteiger partial charge in [0, 0.05) is 15.4 Å². The van der Waals surface area contributed by atoms with Crippen LogP contribution in [-0.2, 0) is 9.84 Å². The molecule has 0 spiro atoms. The standard InChI is InChI=1S/C11H11IO2S/c1-9(15(2,13)14)3-4-10-5-7-11(12)8-6-10/h5-9H,1-2H3. The summed E-state index contributed by atoms with van der Waals surface area (Å²) >= 11 is 2.21. The van der Waals surface area contributed by atoms with Crippen LogP contribution >= 0.6 is 22.6 Å². The van der Waals surface area contributed by atoms with Crippen LogP contribution in [0.2, 0.25) is 0 Å². The van der Waals surface area contributed by atoms with E-state index in [9.17, 15) is 8.42 Å². The smallest absolute Gasteiger partial charge is 0.161 e. The number of hydrogen-bond acceptors (Lipinski definition) is 2. The minimum absolute atomic E-state index is 0.614. The zero-order valence-corrected chi connectivity index (χ0v) is 11.5. The summed E-state index contributed by atoms with van der Waals surface area (Å²) < 4.78 is 23.3. The Balaban J connectivity index is 2.87. The van der Waals surface area contributed by atoms with Crippen molar-refractivity contribution in [3.63, 3.8) is 0 Å². The largest absolute Gasteiger partial charge is 0.228 e. The first-order valence-electron chi connectivity index (χ1n) is 4.35. The second-order valence-corrected chi connectivity index (χ2v) is 6.86. The monoisotopic (exact) mass is 334 g/mol. The van der Waals surface area contributed by atoms with Crippen LogP contribution in [0.1, 0.15) is 12.5 Å². The lowest BCUT2D eigenvalue weighted by atomic mass is 10.2. The van der Waals surface area contributed by atoms with Gasteiger partial charge in [0.15, 0.2) is 9.84 Å². The van der Waals surface area contributed by atoms with Crippen LogP contribution in [-0.4, -0.2) is 19.9 Å². The molecule has 0 amide bonds. The maximum absolute atomic E-state index is 11.1. The summed E-state index contributed by atoms with van der Waals surface area (Å²) in [6, 6.07) is 7.64. The molecule has 0 saturated carbocycles. The van der Waals surface area contributed by atoms with Gasteiger partial charge in [0.2, 0.25) is 0 Å². The molecule has 2 nitrogen and oxygen atoms in total. The Morgan fingerprint density at radius 2 is 1.80 bits per heavy atom. The van der Waals surface area contributed by atoms with Gasteiger partial charge in [-0.3, -0.25) is 0 Å². The van der Waals surface area contributed by atoms with Gasteiger partial charge in [-0.2, -0.15) is 0 Å². The summed E-state index contributed by atoms with van der Waals surface area (Å²) in [6.07, 6.45) is 1.19. The zero-order valence-electron chi connectivity index (χ0n) is 8.49. The first-order chi connectivity index (χ1) is 6.89. The Kier molecular flexibility index (Phi) is 4.17. The van der Waals surface area contributed by atoms with Gasteiger partial charge in [0.1, 0.15) is 5.25 Å². The quantitative estimate of drug-likeness (QED) is 0.582. The molecule has 1 atom stereocenters. The summed E-state index contributed by atoms with van der Waals surface area (Å²) in [6.45, 7) is 1.59. The maximum Gasteiger partial charge on any atom is 0.161 e. The first kappa shape index (κ1) is 12.5. The number of hydrogen-bond donors (Lipinski definition) is 0. The topological polar surface area (TPSA) is 34.1 Å². The van der Waals surface area contributed by atoms with E-state index < -0.39 is 15.1 Å². The molecule has 80 valence electrons. The van der Waals surface area contributed by atoms with Crippen LogP contribution in [0.25, 0.3) is 0 Å². The third-order valence-electron chi connectivity index (χ3n) is 1.91. The fourth-order valence-corrected chi connectivity index (χ4v) is 1.46. The van der Waals surface area contributed by atoms with Crippen molar-refractivity contribution in [1.82, 2.24) is 0 Å². The Bertz CT molecular complexity index is 492. The second-order valence-electron chi connectivity index (χ2n) is 3.25. The van der Waals surface area contributed by atoms with Crippen molar-refractivity contribution in [3.8, 4) is 11.8 Å². The summed E-state index contributed by atoms with van der Waals surface area (Å²) in [5.41, 5.74) is 0.839. The number of halogens is 1. The van der Waals surface area contributed by atoms with Gasteiger partial charge in [0.05, 0.1) is 0 Å². The third kappa shape index (κ3) is 4.22. The molecule has 4 heteroatoms. The van der Waals surface area contributed by atoms with Crippen LogP contribution < -0.4 is 0 Å². The molecule has 15 heavy (non-hydrogen) atoms. The molecule has 0 radical (unpaired) electrons. The number of rotatable bonds is 1. The van der Waals surface area contributed by atoms with Gasteiger partial charge in [-0.25, -0.2) is 8.42 Å². The SMILES string of the molecule is CC(C#Cc1ccc(I)cc1)S(C)(=O)=O. The summed E-state index contributed by atoms with van der Waals surface area (Å²) in [5.74, 6) is 5.56. The van der Waals surface area contributed by atoms with Crippen LogP contribution in [0.3, 0.4) is 0 Å². The predicted octanol–water partition coefficient (Wildman–Crippen LogP) is 2.08. The summed E-state index contributed by atoms with van der Waals surface area (Å²) in [4.78, 5) is 0. The van der Waals surface area contributed by atoms with Gasteiger partial charge >= 0.3 is 0 Å². The van der Waals surface area contributed by atoms with Gasteiger partial charge < -0.3 is 0 Å². The van der Waals surface area contributed by atoms with Gasteiger partial charge in [-0.15, -0.1) is 0 Å². The fourth-order valence-electron chi connectivity index (χ4n) is 0.825. The minimum Gasteiger partial charge on any atom is -0.228 e. The van der Waals surface area contributed by atoms with Crippen molar-refractivity contribution in [1.29, 1.82) is 0 Å². The van der Waals surface area contributed by atoms with Crippen molar-refractivity contribution in [2.45, 2.75) is 12.2 Å². The molecule has 0 aliphatic rings.